The predicted molar refractivity (Wildman–Crippen MR) is 58.8 cm³/mol. The van der Waals surface area contributed by atoms with Crippen molar-refractivity contribution in [1.82, 2.24) is 15.5 Å². The number of ether oxygens (including phenoxy) is 1. The van der Waals surface area contributed by atoms with Crippen LogP contribution in [0.5, 0.6) is 0 Å². The van der Waals surface area contributed by atoms with Crippen molar-refractivity contribution in [3.63, 3.8) is 0 Å². The Kier molecular flexibility index (Phi) is 5.01. The second kappa shape index (κ2) is 6.05. The first-order valence-corrected chi connectivity index (χ1v) is 5.38. The number of hydrogen-bond donors (Lipinski definition) is 2. The number of rotatable bonds is 4. The van der Waals surface area contributed by atoms with E-state index in [0.717, 1.165) is 13.1 Å². The molecule has 1 aliphatic rings. The molecule has 5 nitrogen and oxygen atoms in total. The van der Waals surface area contributed by atoms with Crippen molar-refractivity contribution in [3.05, 3.63) is 0 Å². The van der Waals surface area contributed by atoms with Crippen LogP contribution in [0.15, 0.2) is 0 Å². The van der Waals surface area contributed by atoms with Gasteiger partial charge in [0.05, 0.1) is 12.7 Å². The van der Waals surface area contributed by atoms with Crippen molar-refractivity contribution in [2.24, 2.45) is 0 Å². The smallest absolute Gasteiger partial charge is 0.239 e. The Labute approximate surface area is 91.2 Å². The monoisotopic (exact) mass is 215 g/mol. The largest absolute Gasteiger partial charge is 0.375 e. The van der Waals surface area contributed by atoms with Crippen molar-refractivity contribution in [2.45, 2.75) is 19.1 Å². The maximum atomic E-state index is 11.7. The predicted octanol–water partition coefficient (Wildman–Crippen LogP) is -0.959. The molecule has 1 fully saturated rings. The van der Waals surface area contributed by atoms with E-state index in [1.165, 1.54) is 0 Å². The number of nitrogens with zero attached hydrogens (tertiary/aromatic N) is 1. The van der Waals surface area contributed by atoms with E-state index in [0.29, 0.717) is 13.2 Å². The fraction of sp³-hybridized carbons (Fsp3) is 0.900. The zero-order valence-electron chi connectivity index (χ0n) is 9.75. The van der Waals surface area contributed by atoms with Crippen LogP contribution in [-0.2, 0) is 9.53 Å². The van der Waals surface area contributed by atoms with Crippen molar-refractivity contribution in [3.8, 4) is 0 Å². The average molecular weight is 215 g/mol. The number of morpholine rings is 1. The number of likely N-dealkylation sites (N-methyl/N-ethyl adjacent to an activating group) is 1. The van der Waals surface area contributed by atoms with Crippen LogP contribution in [0.4, 0.5) is 0 Å². The molecule has 1 amide bonds. The summed E-state index contributed by atoms with van der Waals surface area (Å²) in [7, 11) is 3.97. The summed E-state index contributed by atoms with van der Waals surface area (Å²) in [6.07, 6.45) is -0.0434. The number of hydrogen-bond acceptors (Lipinski definition) is 4. The van der Waals surface area contributed by atoms with E-state index in [1.54, 1.807) is 0 Å². The van der Waals surface area contributed by atoms with Crippen LogP contribution in [-0.4, -0.2) is 63.3 Å². The van der Waals surface area contributed by atoms with E-state index >= 15 is 0 Å². The van der Waals surface area contributed by atoms with Crippen molar-refractivity contribution in [2.75, 3.05) is 40.3 Å². The first-order chi connectivity index (χ1) is 7.11. The van der Waals surface area contributed by atoms with Gasteiger partial charge in [0.25, 0.3) is 0 Å². The summed E-state index contributed by atoms with van der Waals surface area (Å²) < 4.78 is 5.41. The Morgan fingerprint density at radius 3 is 2.93 bits per heavy atom. The molecule has 0 unspecified atom stereocenters. The van der Waals surface area contributed by atoms with Crippen LogP contribution < -0.4 is 10.6 Å². The molecule has 0 bridgehead atoms. The Hall–Kier alpha value is -0.650. The Balaban J connectivity index is 2.26. The van der Waals surface area contributed by atoms with E-state index < -0.39 is 0 Å². The average Bonchev–Trinajstić information content (AvgIpc) is 2.17. The van der Waals surface area contributed by atoms with E-state index in [1.807, 2.05) is 25.9 Å². The minimum atomic E-state index is -0.207. The van der Waals surface area contributed by atoms with Gasteiger partial charge in [-0.25, -0.2) is 0 Å². The topological polar surface area (TPSA) is 53.6 Å². The van der Waals surface area contributed by atoms with E-state index in [-0.39, 0.29) is 18.1 Å². The molecule has 1 rings (SSSR count). The molecule has 0 spiro atoms. The summed E-state index contributed by atoms with van der Waals surface area (Å²) >= 11 is 0. The van der Waals surface area contributed by atoms with Gasteiger partial charge in [0.1, 0.15) is 6.04 Å². The summed E-state index contributed by atoms with van der Waals surface area (Å²) in [6, 6.07) is -0.207. The van der Waals surface area contributed by atoms with E-state index in [2.05, 4.69) is 10.6 Å². The van der Waals surface area contributed by atoms with Gasteiger partial charge in [0, 0.05) is 19.6 Å². The van der Waals surface area contributed by atoms with Gasteiger partial charge in [-0.3, -0.25) is 4.79 Å². The molecular weight excluding hydrogens is 194 g/mol. The summed E-state index contributed by atoms with van der Waals surface area (Å²) in [5, 5.41) is 6.05. The quantitative estimate of drug-likeness (QED) is 0.634. The molecule has 0 aliphatic carbocycles. The highest BCUT2D eigenvalue weighted by atomic mass is 16.5. The van der Waals surface area contributed by atoms with Gasteiger partial charge in [0.2, 0.25) is 5.91 Å². The molecule has 88 valence electrons. The molecule has 1 saturated heterocycles. The van der Waals surface area contributed by atoms with Gasteiger partial charge >= 0.3 is 0 Å². The zero-order valence-corrected chi connectivity index (χ0v) is 9.75. The van der Waals surface area contributed by atoms with Crippen LogP contribution in [0.3, 0.4) is 0 Å². The van der Waals surface area contributed by atoms with E-state index in [4.69, 9.17) is 4.74 Å². The second-order valence-electron chi connectivity index (χ2n) is 4.10. The minimum absolute atomic E-state index is 0.0315. The maximum absolute atomic E-state index is 11.7. The molecule has 1 aliphatic heterocycles. The fourth-order valence-corrected chi connectivity index (χ4v) is 1.54. The SMILES string of the molecule is C[C@H]1OCCN[C@@H]1C(=O)NCCN(C)C. The molecule has 5 heteroatoms. The highest BCUT2D eigenvalue weighted by Crippen LogP contribution is 2.03. The van der Waals surface area contributed by atoms with Crippen LogP contribution >= 0.6 is 0 Å². The van der Waals surface area contributed by atoms with Gasteiger partial charge < -0.3 is 20.3 Å². The molecule has 0 saturated carbocycles. The Morgan fingerprint density at radius 1 is 1.60 bits per heavy atom. The molecule has 0 aromatic heterocycles. The third kappa shape index (κ3) is 4.15. The molecule has 2 atom stereocenters. The third-order valence-electron chi connectivity index (χ3n) is 2.46. The molecular formula is C10H21N3O2. The molecule has 1 heterocycles. The lowest BCUT2D eigenvalue weighted by atomic mass is 10.1. The first-order valence-electron chi connectivity index (χ1n) is 5.38. The standard InChI is InChI=1S/C10H21N3O2/c1-8-9(11-5-7-15-8)10(14)12-4-6-13(2)3/h8-9,11H,4-7H2,1-3H3,(H,12,14)/t8-,9+/m1/s1. The minimum Gasteiger partial charge on any atom is -0.375 e. The van der Waals surface area contributed by atoms with Crippen molar-refractivity contribution >= 4 is 5.91 Å². The van der Waals surface area contributed by atoms with Gasteiger partial charge in [-0.05, 0) is 21.0 Å². The summed E-state index contributed by atoms with van der Waals surface area (Å²) in [5.74, 6) is 0.0315. The normalized spacial score (nSPS) is 26.7. The fourth-order valence-electron chi connectivity index (χ4n) is 1.54. The van der Waals surface area contributed by atoms with Gasteiger partial charge in [0.15, 0.2) is 0 Å². The Bertz CT molecular complexity index is 209. The van der Waals surface area contributed by atoms with Gasteiger partial charge in [-0.15, -0.1) is 0 Å². The number of nitrogens with one attached hydrogen (secondary N) is 2. The molecule has 15 heavy (non-hydrogen) atoms. The van der Waals surface area contributed by atoms with Crippen LogP contribution in [0, 0.1) is 0 Å². The van der Waals surface area contributed by atoms with Crippen molar-refractivity contribution in [1.29, 1.82) is 0 Å². The first kappa shape index (κ1) is 12.4. The number of amides is 1. The summed E-state index contributed by atoms with van der Waals surface area (Å²) in [6.45, 7) is 4.88. The number of carbonyl (C=O) groups excluding carboxylic acids is 1. The third-order valence-corrected chi connectivity index (χ3v) is 2.46. The highest BCUT2D eigenvalue weighted by molar-refractivity contribution is 5.82. The highest BCUT2D eigenvalue weighted by Gasteiger charge is 2.27. The number of carbonyl (C=O) groups is 1. The maximum Gasteiger partial charge on any atom is 0.239 e. The lowest BCUT2D eigenvalue weighted by molar-refractivity contribution is -0.128. The van der Waals surface area contributed by atoms with Crippen LogP contribution in [0.1, 0.15) is 6.92 Å². The van der Waals surface area contributed by atoms with Crippen molar-refractivity contribution < 1.29 is 9.53 Å². The molecule has 0 aromatic rings. The van der Waals surface area contributed by atoms with Gasteiger partial charge in [-0.1, -0.05) is 0 Å². The summed E-state index contributed by atoms with van der Waals surface area (Å²) in [5.41, 5.74) is 0. The Morgan fingerprint density at radius 2 is 2.33 bits per heavy atom. The lowest BCUT2D eigenvalue weighted by Gasteiger charge is -2.29. The van der Waals surface area contributed by atoms with Gasteiger partial charge in [-0.2, -0.15) is 0 Å². The molecule has 2 N–H and O–H groups in total. The second-order valence-corrected chi connectivity index (χ2v) is 4.10. The van der Waals surface area contributed by atoms with Crippen LogP contribution in [0.2, 0.25) is 0 Å². The lowest BCUT2D eigenvalue weighted by Crippen LogP contribution is -2.56. The zero-order chi connectivity index (χ0) is 11.3. The van der Waals surface area contributed by atoms with E-state index in [9.17, 15) is 4.79 Å². The molecule has 0 radical (unpaired) electrons. The van der Waals surface area contributed by atoms with Crippen LogP contribution in [0.25, 0.3) is 0 Å². The summed E-state index contributed by atoms with van der Waals surface area (Å²) in [4.78, 5) is 13.8. The molecule has 0 aromatic carbocycles.